The summed E-state index contributed by atoms with van der Waals surface area (Å²) in [4.78, 5) is 54.2. The highest BCUT2D eigenvalue weighted by molar-refractivity contribution is 7.93. The molecule has 0 spiro atoms. The summed E-state index contributed by atoms with van der Waals surface area (Å²) in [6.45, 7) is 4.14. The Balaban J connectivity index is 0.00000552. The molecular formula is C29H32Cl2N6O7S. The highest BCUT2D eigenvalue weighted by atomic mass is 35.5. The van der Waals surface area contributed by atoms with Gasteiger partial charge in [0.2, 0.25) is 5.91 Å². The van der Waals surface area contributed by atoms with E-state index in [0.29, 0.717) is 23.1 Å². The molecule has 0 saturated heterocycles. The molecule has 3 aromatic rings. The average molecular weight is 680 g/mol. The van der Waals surface area contributed by atoms with Gasteiger partial charge in [-0.2, -0.15) is 4.31 Å². The van der Waals surface area contributed by atoms with E-state index in [1.807, 2.05) is 13.8 Å². The maximum absolute atomic E-state index is 14.6. The first-order valence-corrected chi connectivity index (χ1v) is 15.6. The zero-order valence-corrected chi connectivity index (χ0v) is 26.8. The summed E-state index contributed by atoms with van der Waals surface area (Å²) < 4.78 is 28.9. The third-order valence-corrected chi connectivity index (χ3v) is 9.37. The number of nitrogens with two attached hydrogens (primary N) is 1. The summed E-state index contributed by atoms with van der Waals surface area (Å²) in [6, 6.07) is 14.3. The molecule has 3 aromatic carbocycles. The lowest BCUT2D eigenvalue weighted by atomic mass is 9.83. The van der Waals surface area contributed by atoms with Crippen LogP contribution in [0.25, 0.3) is 0 Å². The SMILES string of the molecule is CCN(CC)C(=O)Nc1ccc(S(=O)(=O)N2C(=O)C(NC(=O)N(C)CC(N)=O)(c3ccccc3Cl)c3cc(Cl)ccc32)cc1.O. The molecule has 4 rings (SSSR count). The van der Waals surface area contributed by atoms with Crippen molar-refractivity contribution in [1.29, 1.82) is 0 Å². The molecule has 0 fully saturated rings. The standard InChI is InChI=1S/C29H30Cl2N6O6S.H2O/c1-4-36(5-2)27(40)33-19-11-13-20(14-12-19)44(42,43)37-24-15-10-18(30)16-22(24)29(26(37)39,21-8-6-7-9-23(21)31)34-28(41)35(3)17-25(32)38;/h6-16H,4-5,17H2,1-3H3,(H2,32,38)(H,33,40)(H,34,41);1H2. The fourth-order valence-electron chi connectivity index (χ4n) is 4.91. The highest BCUT2D eigenvalue weighted by Gasteiger charge is 2.58. The number of amides is 6. The summed E-state index contributed by atoms with van der Waals surface area (Å²) in [5.41, 5.74) is 3.47. The molecule has 1 aliphatic heterocycles. The second-order valence-electron chi connectivity index (χ2n) is 9.85. The number of primary amides is 1. The number of sulfonamides is 1. The van der Waals surface area contributed by atoms with Crippen LogP contribution >= 0.6 is 23.2 Å². The number of nitrogens with zero attached hydrogens (tertiary/aromatic N) is 3. The van der Waals surface area contributed by atoms with Crippen molar-refractivity contribution < 1.29 is 33.1 Å². The number of rotatable bonds is 9. The van der Waals surface area contributed by atoms with Crippen LogP contribution < -0.4 is 20.7 Å². The van der Waals surface area contributed by atoms with Crippen LogP contribution in [0.15, 0.2) is 71.6 Å². The predicted molar refractivity (Wildman–Crippen MR) is 171 cm³/mol. The van der Waals surface area contributed by atoms with Crippen molar-refractivity contribution in [3.05, 3.63) is 87.9 Å². The van der Waals surface area contributed by atoms with E-state index in [0.717, 1.165) is 4.90 Å². The van der Waals surface area contributed by atoms with Gasteiger partial charge in [0.1, 0.15) is 6.54 Å². The quantitative estimate of drug-likeness (QED) is 0.311. The van der Waals surface area contributed by atoms with Gasteiger partial charge in [0, 0.05) is 47.0 Å². The number of nitrogens with one attached hydrogen (secondary N) is 2. The number of fused-ring (bicyclic) bond motifs is 1. The topological polar surface area (TPSA) is 194 Å². The zero-order valence-electron chi connectivity index (χ0n) is 24.5. The number of benzene rings is 3. The fourth-order valence-corrected chi connectivity index (χ4v) is 6.82. The number of anilines is 2. The first-order chi connectivity index (χ1) is 20.8. The maximum atomic E-state index is 14.6. The Morgan fingerprint density at radius 3 is 2.13 bits per heavy atom. The molecule has 6 N–H and O–H groups in total. The molecular weight excluding hydrogens is 647 g/mol. The summed E-state index contributed by atoms with van der Waals surface area (Å²) in [5, 5.41) is 5.53. The number of halogens is 2. The van der Waals surface area contributed by atoms with E-state index < -0.39 is 40.0 Å². The molecule has 16 heteroatoms. The molecule has 13 nitrogen and oxygen atoms in total. The number of carbonyl (C=O) groups is 4. The van der Waals surface area contributed by atoms with Crippen LogP contribution in [-0.2, 0) is 25.2 Å². The minimum absolute atomic E-state index is 0. The minimum atomic E-state index is -4.62. The molecule has 0 saturated carbocycles. The van der Waals surface area contributed by atoms with Gasteiger partial charge in [0.25, 0.3) is 15.9 Å². The number of likely N-dealkylation sites (N-methyl/N-ethyl adjacent to an activating group) is 1. The van der Waals surface area contributed by atoms with E-state index in [4.69, 9.17) is 28.9 Å². The van der Waals surface area contributed by atoms with E-state index in [1.165, 1.54) is 61.6 Å². The van der Waals surface area contributed by atoms with Gasteiger partial charge < -0.3 is 31.6 Å². The lowest BCUT2D eigenvalue weighted by Crippen LogP contribution is -2.57. The number of hydrogen-bond acceptors (Lipinski definition) is 6. The Morgan fingerprint density at radius 2 is 1.56 bits per heavy atom. The van der Waals surface area contributed by atoms with E-state index in [-0.39, 0.29) is 43.3 Å². The van der Waals surface area contributed by atoms with Crippen LogP contribution in [0.1, 0.15) is 25.0 Å². The van der Waals surface area contributed by atoms with E-state index in [9.17, 15) is 27.6 Å². The third-order valence-electron chi connectivity index (χ3n) is 7.09. The maximum Gasteiger partial charge on any atom is 0.321 e. The third kappa shape index (κ3) is 6.54. The van der Waals surface area contributed by atoms with Gasteiger partial charge in [-0.1, -0.05) is 41.4 Å². The second kappa shape index (κ2) is 13.7. The highest BCUT2D eigenvalue weighted by Crippen LogP contribution is 2.49. The Bertz CT molecular complexity index is 1740. The molecule has 6 amide bonds. The van der Waals surface area contributed by atoms with Gasteiger partial charge in [0.15, 0.2) is 5.54 Å². The van der Waals surface area contributed by atoms with Crippen molar-refractivity contribution in [2.75, 3.05) is 36.3 Å². The minimum Gasteiger partial charge on any atom is -0.412 e. The smallest absolute Gasteiger partial charge is 0.321 e. The Hall–Kier alpha value is -4.37. The van der Waals surface area contributed by atoms with Gasteiger partial charge >= 0.3 is 12.1 Å². The summed E-state index contributed by atoms with van der Waals surface area (Å²) in [5.74, 6) is -1.88. The molecule has 1 unspecified atom stereocenters. The Kier molecular flexibility index (Phi) is 10.7. The summed E-state index contributed by atoms with van der Waals surface area (Å²) in [6.07, 6.45) is 0. The molecule has 0 aliphatic carbocycles. The van der Waals surface area contributed by atoms with Crippen LogP contribution in [0.4, 0.5) is 21.0 Å². The van der Waals surface area contributed by atoms with Crippen LogP contribution in [-0.4, -0.2) is 74.3 Å². The van der Waals surface area contributed by atoms with Crippen molar-refractivity contribution in [1.82, 2.24) is 15.1 Å². The van der Waals surface area contributed by atoms with Gasteiger partial charge in [-0.3, -0.25) is 9.59 Å². The van der Waals surface area contributed by atoms with Crippen molar-refractivity contribution >= 4 is 68.5 Å². The van der Waals surface area contributed by atoms with E-state index in [2.05, 4.69) is 10.6 Å². The Labute approximate surface area is 270 Å². The van der Waals surface area contributed by atoms with Crippen molar-refractivity contribution in [3.63, 3.8) is 0 Å². The average Bonchev–Trinajstić information content (AvgIpc) is 3.21. The summed E-state index contributed by atoms with van der Waals surface area (Å²) in [7, 11) is -3.33. The number of hydrogen-bond donors (Lipinski definition) is 3. The van der Waals surface area contributed by atoms with Gasteiger partial charge in [-0.25, -0.2) is 18.0 Å². The van der Waals surface area contributed by atoms with Crippen molar-refractivity contribution in [2.24, 2.45) is 5.73 Å². The molecule has 1 atom stereocenters. The Morgan fingerprint density at radius 1 is 0.933 bits per heavy atom. The zero-order chi connectivity index (χ0) is 32.4. The molecule has 1 heterocycles. The molecule has 0 aromatic heterocycles. The first kappa shape index (κ1) is 35.1. The lowest BCUT2D eigenvalue weighted by Gasteiger charge is -2.32. The van der Waals surface area contributed by atoms with Gasteiger partial charge in [-0.15, -0.1) is 0 Å². The van der Waals surface area contributed by atoms with Gasteiger partial charge in [-0.05, 0) is 62.4 Å². The molecule has 1 aliphatic rings. The van der Waals surface area contributed by atoms with Crippen molar-refractivity contribution in [3.8, 4) is 0 Å². The van der Waals surface area contributed by atoms with Crippen LogP contribution in [0.5, 0.6) is 0 Å². The van der Waals surface area contributed by atoms with Crippen molar-refractivity contribution in [2.45, 2.75) is 24.3 Å². The van der Waals surface area contributed by atoms with Crippen LogP contribution in [0, 0.1) is 0 Å². The monoisotopic (exact) mass is 678 g/mol. The van der Waals surface area contributed by atoms with E-state index >= 15 is 0 Å². The largest absolute Gasteiger partial charge is 0.412 e. The predicted octanol–water partition coefficient (Wildman–Crippen LogP) is 3.15. The second-order valence-corrected chi connectivity index (χ2v) is 12.5. The summed E-state index contributed by atoms with van der Waals surface area (Å²) >= 11 is 12.9. The van der Waals surface area contributed by atoms with E-state index in [1.54, 1.807) is 17.0 Å². The first-order valence-electron chi connectivity index (χ1n) is 13.4. The number of carbonyl (C=O) groups excluding carboxylic acids is 4. The van der Waals surface area contributed by atoms with Gasteiger partial charge in [0.05, 0.1) is 10.6 Å². The molecule has 240 valence electrons. The molecule has 45 heavy (non-hydrogen) atoms. The normalized spacial score (nSPS) is 15.5. The molecule has 0 radical (unpaired) electrons. The number of urea groups is 2. The fraction of sp³-hybridized carbons (Fsp3) is 0.241. The van der Waals surface area contributed by atoms with Crippen LogP contribution in [0.3, 0.4) is 0 Å². The van der Waals surface area contributed by atoms with Crippen LogP contribution in [0.2, 0.25) is 10.0 Å². The lowest BCUT2D eigenvalue weighted by molar-refractivity contribution is -0.121. The molecule has 0 bridgehead atoms.